The summed E-state index contributed by atoms with van der Waals surface area (Å²) in [5.74, 6) is 0.638. The van der Waals surface area contributed by atoms with Gasteiger partial charge >= 0.3 is 7.12 Å². The third-order valence-corrected chi connectivity index (χ3v) is 10.9. The summed E-state index contributed by atoms with van der Waals surface area (Å²) in [5, 5.41) is 3.32. The molecule has 0 bridgehead atoms. The fourth-order valence-corrected chi connectivity index (χ4v) is 7.56. The van der Waals surface area contributed by atoms with Crippen LogP contribution in [0.4, 0.5) is 0 Å². The van der Waals surface area contributed by atoms with E-state index in [1.54, 1.807) is 0 Å². The van der Waals surface area contributed by atoms with Gasteiger partial charge in [-0.1, -0.05) is 98.8 Å². The highest BCUT2D eigenvalue weighted by molar-refractivity contribution is 6.62. The van der Waals surface area contributed by atoms with E-state index in [1.165, 1.54) is 22.3 Å². The summed E-state index contributed by atoms with van der Waals surface area (Å²) >= 11 is 0. The van der Waals surface area contributed by atoms with E-state index in [0.717, 1.165) is 49.4 Å². The molecule has 0 unspecified atom stereocenters. The van der Waals surface area contributed by atoms with Crippen molar-refractivity contribution in [1.82, 2.24) is 14.5 Å². The Morgan fingerprint density at radius 1 is 0.574 bits per heavy atom. The lowest BCUT2D eigenvalue weighted by molar-refractivity contribution is 0.00578. The summed E-state index contributed by atoms with van der Waals surface area (Å²) in [6.07, 6.45) is 0. The summed E-state index contributed by atoms with van der Waals surface area (Å²) in [4.78, 5) is 10.6. The van der Waals surface area contributed by atoms with Gasteiger partial charge in [0.25, 0.3) is 0 Å². The largest absolute Gasteiger partial charge is 0.494 e. The number of hydrogen-bond donors (Lipinski definition) is 0. The molecular formula is C41H36BN3O2. The van der Waals surface area contributed by atoms with Gasteiger partial charge in [-0.15, -0.1) is 0 Å². The minimum absolute atomic E-state index is 0.107. The van der Waals surface area contributed by atoms with Gasteiger partial charge in [0.15, 0.2) is 0 Å². The number of aromatic nitrogens is 3. The van der Waals surface area contributed by atoms with Crippen LogP contribution in [-0.4, -0.2) is 32.9 Å². The topological polar surface area (TPSA) is 49.2 Å². The van der Waals surface area contributed by atoms with Crippen LogP contribution in [0.25, 0.3) is 61.0 Å². The highest BCUT2D eigenvalue weighted by atomic mass is 16.7. The first kappa shape index (κ1) is 28.4. The number of rotatable bonds is 3. The zero-order chi connectivity index (χ0) is 32.3. The van der Waals surface area contributed by atoms with Crippen LogP contribution in [0.3, 0.4) is 0 Å². The van der Waals surface area contributed by atoms with Crippen LogP contribution in [0, 0.1) is 0 Å². The van der Waals surface area contributed by atoms with E-state index in [-0.39, 0.29) is 5.41 Å². The molecule has 1 aliphatic heterocycles. The average Bonchev–Trinajstić information content (AvgIpc) is 3.60. The Morgan fingerprint density at radius 3 is 2.04 bits per heavy atom. The van der Waals surface area contributed by atoms with E-state index in [0.29, 0.717) is 5.95 Å². The minimum Gasteiger partial charge on any atom is -0.399 e. The van der Waals surface area contributed by atoms with Crippen molar-refractivity contribution in [2.45, 2.75) is 58.2 Å². The zero-order valence-electron chi connectivity index (χ0n) is 27.6. The van der Waals surface area contributed by atoms with Crippen molar-refractivity contribution >= 4 is 45.3 Å². The van der Waals surface area contributed by atoms with Crippen LogP contribution in [0.5, 0.6) is 0 Å². The van der Waals surface area contributed by atoms with E-state index in [9.17, 15) is 0 Å². The number of benzene rings is 5. The van der Waals surface area contributed by atoms with Gasteiger partial charge < -0.3 is 9.31 Å². The molecule has 6 heteroatoms. The van der Waals surface area contributed by atoms with Crippen molar-refractivity contribution in [2.75, 3.05) is 0 Å². The van der Waals surface area contributed by atoms with Gasteiger partial charge in [-0.25, -0.2) is 9.97 Å². The SMILES string of the molecule is CC1(C)c2ccccc2-c2ccc(-c3nc(-n4c5ccccc5c5ccc(B6OC(C)(C)C(C)(C)O6)cc54)nc4ccccc34)cc21. The monoisotopic (exact) mass is 613 g/mol. The van der Waals surface area contributed by atoms with Crippen LogP contribution in [-0.2, 0) is 14.7 Å². The lowest BCUT2D eigenvalue weighted by Gasteiger charge is -2.32. The minimum atomic E-state index is -0.470. The van der Waals surface area contributed by atoms with Crippen LogP contribution < -0.4 is 5.46 Å². The normalized spacial score (nSPS) is 17.4. The Hall–Kier alpha value is -4.78. The first-order valence-electron chi connectivity index (χ1n) is 16.4. The molecule has 230 valence electrons. The third kappa shape index (κ3) is 4.04. The van der Waals surface area contributed by atoms with E-state index in [2.05, 4.69) is 149 Å². The molecule has 5 aromatic carbocycles. The van der Waals surface area contributed by atoms with Gasteiger partial charge in [0.1, 0.15) is 0 Å². The molecule has 1 saturated heterocycles. The second-order valence-electron chi connectivity index (χ2n) is 14.5. The second-order valence-corrected chi connectivity index (χ2v) is 14.5. The first-order chi connectivity index (χ1) is 22.5. The fourth-order valence-electron chi connectivity index (χ4n) is 7.56. The molecule has 47 heavy (non-hydrogen) atoms. The molecule has 2 aromatic heterocycles. The Morgan fingerprint density at radius 2 is 1.23 bits per heavy atom. The van der Waals surface area contributed by atoms with E-state index in [1.807, 2.05) is 6.07 Å². The maximum atomic E-state index is 6.47. The average molecular weight is 614 g/mol. The number of fused-ring (bicyclic) bond motifs is 7. The van der Waals surface area contributed by atoms with Gasteiger partial charge in [0.2, 0.25) is 5.95 Å². The molecule has 9 rings (SSSR count). The van der Waals surface area contributed by atoms with Crippen molar-refractivity contribution < 1.29 is 9.31 Å². The summed E-state index contributed by atoms with van der Waals surface area (Å²) < 4.78 is 15.1. The maximum Gasteiger partial charge on any atom is 0.494 e. The van der Waals surface area contributed by atoms with Crippen LogP contribution in [0.1, 0.15) is 52.7 Å². The Bertz CT molecular complexity index is 2410. The fraction of sp³-hybridized carbons (Fsp3) is 0.220. The molecule has 0 amide bonds. The van der Waals surface area contributed by atoms with Crippen molar-refractivity contribution in [3.8, 4) is 28.3 Å². The van der Waals surface area contributed by atoms with Crippen LogP contribution >= 0.6 is 0 Å². The van der Waals surface area contributed by atoms with Gasteiger partial charge in [-0.3, -0.25) is 4.57 Å². The van der Waals surface area contributed by atoms with Crippen LogP contribution in [0.2, 0.25) is 0 Å². The molecule has 0 N–H and O–H groups in total. The van der Waals surface area contributed by atoms with E-state index >= 15 is 0 Å². The Labute approximate surface area is 275 Å². The molecule has 5 nitrogen and oxygen atoms in total. The highest BCUT2D eigenvalue weighted by Gasteiger charge is 2.51. The number of hydrogen-bond acceptors (Lipinski definition) is 4. The van der Waals surface area contributed by atoms with Gasteiger partial charge in [-0.2, -0.15) is 0 Å². The molecule has 3 heterocycles. The summed E-state index contributed by atoms with van der Waals surface area (Å²) in [6, 6.07) is 38.9. The quantitative estimate of drug-likeness (QED) is 0.187. The molecule has 7 aromatic rings. The van der Waals surface area contributed by atoms with Crippen molar-refractivity contribution in [2.24, 2.45) is 0 Å². The molecule has 0 radical (unpaired) electrons. The molecular weight excluding hydrogens is 577 g/mol. The summed E-state index contributed by atoms with van der Waals surface area (Å²) in [5.41, 5.74) is 10.3. The molecule has 1 fully saturated rings. The predicted octanol–water partition coefficient (Wildman–Crippen LogP) is 9.00. The lowest BCUT2D eigenvalue weighted by Crippen LogP contribution is -2.41. The number of nitrogens with zero attached hydrogens (tertiary/aromatic N) is 3. The molecule has 2 aliphatic rings. The van der Waals surface area contributed by atoms with Crippen LogP contribution in [0.15, 0.2) is 109 Å². The van der Waals surface area contributed by atoms with Crippen molar-refractivity contribution in [1.29, 1.82) is 0 Å². The predicted molar refractivity (Wildman–Crippen MR) is 193 cm³/mol. The van der Waals surface area contributed by atoms with Gasteiger partial charge in [-0.05, 0) is 79.7 Å². The molecule has 0 saturated carbocycles. The highest BCUT2D eigenvalue weighted by Crippen LogP contribution is 2.49. The molecule has 0 spiro atoms. The molecule has 0 atom stereocenters. The standard InChI is InChI=1S/C41H36BN3O2/c1-39(2)32-16-10-7-13-27(32)28-21-19-25(23-33(28)39)37-31-15-8-11-17-34(31)43-38(44-37)45-35-18-12-9-14-29(35)30-22-20-26(24-36(30)45)42-46-40(3,4)41(5,6)47-42/h7-24H,1-6H3. The molecule has 1 aliphatic carbocycles. The second kappa shape index (κ2) is 9.63. The van der Waals surface area contributed by atoms with Gasteiger partial charge in [0, 0.05) is 27.1 Å². The smallest absolute Gasteiger partial charge is 0.399 e. The van der Waals surface area contributed by atoms with E-state index < -0.39 is 18.3 Å². The van der Waals surface area contributed by atoms with Crippen molar-refractivity contribution in [3.05, 3.63) is 120 Å². The lowest BCUT2D eigenvalue weighted by atomic mass is 9.79. The Kier molecular flexibility index (Phi) is 5.83. The van der Waals surface area contributed by atoms with E-state index in [4.69, 9.17) is 19.3 Å². The van der Waals surface area contributed by atoms with Crippen molar-refractivity contribution in [3.63, 3.8) is 0 Å². The zero-order valence-corrected chi connectivity index (χ0v) is 27.6. The third-order valence-electron chi connectivity index (χ3n) is 10.9. The maximum absolute atomic E-state index is 6.47. The summed E-state index contributed by atoms with van der Waals surface area (Å²) in [6.45, 7) is 13.0. The Balaban J connectivity index is 1.27. The number of para-hydroxylation sites is 2. The van der Waals surface area contributed by atoms with Gasteiger partial charge in [0.05, 0.1) is 33.4 Å². The summed E-state index contributed by atoms with van der Waals surface area (Å²) in [7, 11) is -0.470. The first-order valence-corrected chi connectivity index (χ1v) is 16.4.